The van der Waals surface area contributed by atoms with Crippen LogP contribution in [-0.2, 0) is 20.6 Å². The van der Waals surface area contributed by atoms with Crippen molar-refractivity contribution >= 4 is 62.1 Å². The summed E-state index contributed by atoms with van der Waals surface area (Å²) in [5.74, 6) is 1.71. The number of hydrogen-bond donors (Lipinski definition) is 2. The highest BCUT2D eigenvalue weighted by atomic mass is 35.5. The van der Waals surface area contributed by atoms with Crippen molar-refractivity contribution in [3.05, 3.63) is 75.7 Å². The molecule has 0 unspecified atom stereocenters. The van der Waals surface area contributed by atoms with Gasteiger partial charge in [-0.3, -0.25) is 9.97 Å². The van der Waals surface area contributed by atoms with E-state index in [0.717, 1.165) is 44.5 Å². The fourth-order valence-corrected chi connectivity index (χ4v) is 6.38. The third-order valence-electron chi connectivity index (χ3n) is 8.75. The van der Waals surface area contributed by atoms with Gasteiger partial charge in [-0.05, 0) is 96.0 Å². The van der Waals surface area contributed by atoms with E-state index in [1.54, 1.807) is 38.0 Å². The Labute approximate surface area is 314 Å². The molecule has 50 heavy (non-hydrogen) atoms. The molecule has 2 N–H and O–H groups in total. The summed E-state index contributed by atoms with van der Waals surface area (Å²) in [5.41, 5.74) is -1.72. The molecule has 2 fully saturated rings. The van der Waals surface area contributed by atoms with Gasteiger partial charge in [-0.25, -0.2) is 8.78 Å². The molecule has 0 aliphatic carbocycles. The summed E-state index contributed by atoms with van der Waals surface area (Å²) in [4.78, 5) is 11.8. The summed E-state index contributed by atoms with van der Waals surface area (Å²) in [6.45, 7) is 18.4. The molecule has 276 valence electrons. The molecule has 16 heteroatoms. The Morgan fingerprint density at radius 1 is 0.800 bits per heavy atom. The molecule has 2 aliphatic heterocycles. The van der Waals surface area contributed by atoms with Crippen LogP contribution in [0.1, 0.15) is 82.2 Å². The highest BCUT2D eigenvalue weighted by molar-refractivity contribution is 6.50. The van der Waals surface area contributed by atoms with Crippen LogP contribution in [0.5, 0.6) is 0 Å². The first kappa shape index (κ1) is 44.6. The van der Waals surface area contributed by atoms with Crippen LogP contribution >= 0.6 is 34.8 Å². The molecule has 4 rings (SSSR count). The number of halogens is 5. The summed E-state index contributed by atoms with van der Waals surface area (Å²) in [6.07, 6.45) is 10.2. The second-order valence-corrected chi connectivity index (χ2v) is 13.9. The zero-order chi connectivity index (χ0) is 37.3. The van der Waals surface area contributed by atoms with Gasteiger partial charge in [0.05, 0.1) is 26.5 Å². The van der Waals surface area contributed by atoms with Crippen LogP contribution in [0, 0.1) is 0 Å². The van der Waals surface area contributed by atoms with Crippen molar-refractivity contribution in [1.29, 1.82) is 0 Å². The lowest BCUT2D eigenvalue weighted by Gasteiger charge is -2.36. The standard InChI is InChI=1S/C13H17BClFN2O.C11H14BCl2FN2O.C10H21BO2/c1-3-10-8-11(15)12(17-9-10)13(16)4-6-18(7-5-13)14(2)19;1-12(18)17-4-2-11(15,3-5-17)10-9(14)6-8(13)7-16-10;1-4-7-9-12-11(6-3)13-10-8-5-2/h3,8-9,19H,1,4-7H2,2H3;6-7,18H,2-5H2,1H3;6H,3-5,7-10H2,1-2H3. The molecule has 0 aromatic carbocycles. The number of nitrogens with zero attached hydrogens (tertiary/aromatic N) is 4. The van der Waals surface area contributed by atoms with Gasteiger partial charge in [0, 0.05) is 25.6 Å². The van der Waals surface area contributed by atoms with Crippen molar-refractivity contribution in [1.82, 2.24) is 19.6 Å². The van der Waals surface area contributed by atoms with Crippen LogP contribution < -0.4 is 0 Å². The van der Waals surface area contributed by atoms with E-state index >= 15 is 0 Å². The Hall–Kier alpha value is -1.54. The van der Waals surface area contributed by atoms with Gasteiger partial charge >= 0.3 is 21.2 Å². The lowest BCUT2D eigenvalue weighted by atomic mass is 9.79. The lowest BCUT2D eigenvalue weighted by Crippen LogP contribution is -2.47. The van der Waals surface area contributed by atoms with Crippen molar-refractivity contribution in [2.45, 2.75) is 90.2 Å². The van der Waals surface area contributed by atoms with E-state index < -0.39 is 25.4 Å². The van der Waals surface area contributed by atoms with Crippen molar-refractivity contribution in [2.24, 2.45) is 0 Å². The Morgan fingerprint density at radius 2 is 1.22 bits per heavy atom. The van der Waals surface area contributed by atoms with E-state index in [-0.39, 0.29) is 43.5 Å². The van der Waals surface area contributed by atoms with Crippen LogP contribution in [-0.4, -0.2) is 90.3 Å². The monoisotopic (exact) mass is 756 g/mol. The van der Waals surface area contributed by atoms with E-state index in [1.807, 2.05) is 9.62 Å². The van der Waals surface area contributed by atoms with E-state index in [9.17, 15) is 18.8 Å². The predicted octanol–water partition coefficient (Wildman–Crippen LogP) is 8.34. The minimum Gasteiger partial charge on any atom is -0.437 e. The van der Waals surface area contributed by atoms with Crippen molar-refractivity contribution in [3.8, 4) is 0 Å². The number of aromatic nitrogens is 2. The van der Waals surface area contributed by atoms with Crippen LogP contribution in [0.2, 0.25) is 28.7 Å². The van der Waals surface area contributed by atoms with Gasteiger partial charge in [0.25, 0.3) is 0 Å². The number of pyridine rings is 2. The SMILES string of the molecule is C=CB(OCCCC)OCCCC.C=Cc1cnc(C2(F)CCN(B(C)O)CC2)c(Cl)c1.CB(O)N1CCC(F)(c2ncc(Cl)cc2Cl)CC1. The van der Waals surface area contributed by atoms with E-state index in [1.165, 1.54) is 12.3 Å². The molecule has 2 aromatic rings. The van der Waals surface area contributed by atoms with Crippen LogP contribution in [0.25, 0.3) is 6.08 Å². The third-order valence-corrected chi connectivity index (χ3v) is 9.53. The lowest BCUT2D eigenvalue weighted by molar-refractivity contribution is 0.0763. The molecule has 0 saturated carbocycles. The molecule has 8 nitrogen and oxygen atoms in total. The summed E-state index contributed by atoms with van der Waals surface area (Å²) in [5, 5.41) is 19.9. The summed E-state index contributed by atoms with van der Waals surface area (Å²) >= 11 is 17.9. The normalized spacial score (nSPS) is 17.0. The zero-order valence-electron chi connectivity index (χ0n) is 29.9. The fourth-order valence-electron chi connectivity index (χ4n) is 5.49. The minimum absolute atomic E-state index is 0.210. The largest absolute Gasteiger partial charge is 0.485 e. The van der Waals surface area contributed by atoms with Crippen molar-refractivity contribution in [3.63, 3.8) is 0 Å². The number of alkyl halides is 2. The highest BCUT2D eigenvalue weighted by Gasteiger charge is 2.41. The van der Waals surface area contributed by atoms with Gasteiger partial charge in [-0.2, -0.15) is 0 Å². The first-order valence-electron chi connectivity index (χ1n) is 17.4. The maximum Gasteiger partial charge on any atom is 0.485 e. The topological polar surface area (TPSA) is 91.2 Å². The second-order valence-electron chi connectivity index (χ2n) is 12.6. The van der Waals surface area contributed by atoms with Crippen LogP contribution in [0.15, 0.2) is 43.7 Å². The van der Waals surface area contributed by atoms with Gasteiger partial charge in [0.15, 0.2) is 11.3 Å². The molecule has 0 amide bonds. The average Bonchev–Trinajstić information content (AvgIpc) is 3.08. The third kappa shape index (κ3) is 14.1. The first-order valence-corrected chi connectivity index (χ1v) is 18.5. The molecular formula is C34H52B3Cl3F2N4O4. The minimum atomic E-state index is -1.53. The second kappa shape index (κ2) is 22.5. The van der Waals surface area contributed by atoms with Gasteiger partial charge in [-0.1, -0.05) is 80.1 Å². The number of unbranched alkanes of at least 4 members (excludes halogenated alkanes) is 2. The molecule has 4 heterocycles. The molecular weight excluding hydrogens is 705 g/mol. The van der Waals surface area contributed by atoms with Gasteiger partial charge in [0.2, 0.25) is 0 Å². The molecule has 2 aromatic heterocycles. The first-order chi connectivity index (χ1) is 23.7. The number of piperidine rings is 2. The Morgan fingerprint density at radius 3 is 1.56 bits per heavy atom. The van der Waals surface area contributed by atoms with E-state index in [4.69, 9.17) is 44.1 Å². The van der Waals surface area contributed by atoms with Gasteiger partial charge in [-0.15, -0.1) is 6.58 Å². The zero-order valence-corrected chi connectivity index (χ0v) is 32.2. The van der Waals surface area contributed by atoms with Crippen LogP contribution in [0.3, 0.4) is 0 Å². The maximum absolute atomic E-state index is 15.0. The van der Waals surface area contributed by atoms with Gasteiger partial charge < -0.3 is 29.0 Å². The van der Waals surface area contributed by atoms with Crippen LogP contribution in [0.4, 0.5) is 8.78 Å². The van der Waals surface area contributed by atoms with Crippen molar-refractivity contribution < 1.29 is 28.1 Å². The highest BCUT2D eigenvalue weighted by Crippen LogP contribution is 2.41. The maximum atomic E-state index is 15.0. The van der Waals surface area contributed by atoms with E-state index in [0.29, 0.717) is 41.9 Å². The number of rotatable bonds is 14. The summed E-state index contributed by atoms with van der Waals surface area (Å²) < 4.78 is 40.7. The Balaban J connectivity index is 0.000000266. The molecule has 0 spiro atoms. The summed E-state index contributed by atoms with van der Waals surface area (Å²) in [7, 11) is -1.31. The molecule has 0 atom stereocenters. The molecule has 2 saturated heterocycles. The van der Waals surface area contributed by atoms with E-state index in [2.05, 4.69) is 37.0 Å². The number of hydrogen-bond acceptors (Lipinski definition) is 8. The predicted molar refractivity (Wildman–Crippen MR) is 206 cm³/mol. The Bertz CT molecular complexity index is 1310. The van der Waals surface area contributed by atoms with Gasteiger partial charge in [0.1, 0.15) is 0 Å². The average molecular weight is 758 g/mol. The molecule has 0 bridgehead atoms. The quantitative estimate of drug-likeness (QED) is 0.147. The summed E-state index contributed by atoms with van der Waals surface area (Å²) in [6, 6.07) is 3.19. The van der Waals surface area contributed by atoms with Crippen molar-refractivity contribution in [2.75, 3.05) is 39.4 Å². The molecule has 2 aliphatic rings. The Kier molecular flexibility index (Phi) is 20.1. The fraction of sp³-hybridized carbons (Fsp3) is 0.588. The smallest absolute Gasteiger partial charge is 0.437 e. The molecule has 0 radical (unpaired) electrons.